The van der Waals surface area contributed by atoms with Crippen molar-refractivity contribution >= 4 is 18.3 Å². The van der Waals surface area contributed by atoms with Crippen molar-refractivity contribution in [2.45, 2.75) is 45.1 Å². The number of halogens is 2. The van der Waals surface area contributed by atoms with Crippen LogP contribution in [0.2, 0.25) is 0 Å². The lowest BCUT2D eigenvalue weighted by molar-refractivity contribution is -0.134. The molecule has 1 aliphatic rings. The van der Waals surface area contributed by atoms with E-state index in [1.54, 1.807) is 12.1 Å². The highest BCUT2D eigenvalue weighted by molar-refractivity contribution is 5.85. The summed E-state index contributed by atoms with van der Waals surface area (Å²) in [6.07, 6.45) is 4.19. The summed E-state index contributed by atoms with van der Waals surface area (Å²) in [5.74, 6) is 0.418. The minimum atomic E-state index is -0.307. The van der Waals surface area contributed by atoms with Crippen molar-refractivity contribution < 1.29 is 13.9 Å². The maximum Gasteiger partial charge on any atom is 0.222 e. The first-order valence-electron chi connectivity index (χ1n) is 8.59. The monoisotopic (exact) mass is 358 g/mol. The van der Waals surface area contributed by atoms with Crippen LogP contribution in [0.25, 0.3) is 0 Å². The Morgan fingerprint density at radius 3 is 2.79 bits per heavy atom. The Morgan fingerprint density at radius 1 is 1.38 bits per heavy atom. The molecule has 0 bridgehead atoms. The number of hydrogen-bond acceptors (Lipinski definition) is 3. The van der Waals surface area contributed by atoms with Gasteiger partial charge in [0.15, 0.2) is 0 Å². The molecule has 1 amide bonds. The van der Waals surface area contributed by atoms with E-state index in [9.17, 15) is 9.18 Å². The Hall–Kier alpha value is -1.33. The average molecular weight is 359 g/mol. The van der Waals surface area contributed by atoms with Gasteiger partial charge in [0, 0.05) is 25.1 Å². The predicted molar refractivity (Wildman–Crippen MR) is 96.3 cm³/mol. The van der Waals surface area contributed by atoms with E-state index in [0.717, 1.165) is 38.9 Å². The Labute approximate surface area is 150 Å². The molecule has 0 atom stereocenters. The van der Waals surface area contributed by atoms with Crippen LogP contribution in [0.5, 0.6) is 5.75 Å². The molecule has 1 aromatic carbocycles. The number of ether oxygens (including phenoxy) is 1. The first-order chi connectivity index (χ1) is 11.2. The summed E-state index contributed by atoms with van der Waals surface area (Å²) in [6, 6.07) is 6.46. The maximum atomic E-state index is 13.1. The molecular formula is C18H28ClFN2O2. The number of carbonyl (C=O) groups is 1. The molecule has 6 heteroatoms. The third kappa shape index (κ3) is 6.65. The Kier molecular flexibility index (Phi) is 9.72. The molecule has 1 fully saturated rings. The van der Waals surface area contributed by atoms with Crippen LogP contribution in [-0.4, -0.2) is 43.1 Å². The Balaban J connectivity index is 0.00000288. The Bertz CT molecular complexity index is 496. The van der Waals surface area contributed by atoms with Crippen molar-refractivity contribution in [1.82, 2.24) is 10.2 Å². The van der Waals surface area contributed by atoms with Crippen LogP contribution in [0.1, 0.15) is 39.0 Å². The van der Waals surface area contributed by atoms with Crippen molar-refractivity contribution in [3.63, 3.8) is 0 Å². The number of amides is 1. The molecule has 4 nitrogen and oxygen atoms in total. The standard InChI is InChI=1S/C18H27FN2O2.ClH/c1-2-12-21(16-8-10-20-11-9-16)18(22)7-4-13-23-17-6-3-5-15(19)14-17;/h3,5-6,14,16,20H,2,4,7-13H2,1H3;1H. The fourth-order valence-corrected chi connectivity index (χ4v) is 2.98. The van der Waals surface area contributed by atoms with Gasteiger partial charge in [-0.3, -0.25) is 4.79 Å². The van der Waals surface area contributed by atoms with Crippen molar-refractivity contribution in [1.29, 1.82) is 0 Å². The lowest BCUT2D eigenvalue weighted by Gasteiger charge is -2.34. The third-order valence-electron chi connectivity index (χ3n) is 4.13. The lowest BCUT2D eigenvalue weighted by atomic mass is 10.0. The SMILES string of the molecule is CCCN(C(=O)CCCOc1cccc(F)c1)C1CCNCC1.Cl. The number of carbonyl (C=O) groups excluding carboxylic acids is 1. The van der Waals surface area contributed by atoms with Crippen LogP contribution in [0.4, 0.5) is 4.39 Å². The average Bonchev–Trinajstić information content (AvgIpc) is 2.57. The van der Waals surface area contributed by atoms with Gasteiger partial charge in [-0.05, 0) is 50.9 Å². The highest BCUT2D eigenvalue weighted by Gasteiger charge is 2.24. The summed E-state index contributed by atoms with van der Waals surface area (Å²) in [7, 11) is 0. The number of rotatable bonds is 8. The van der Waals surface area contributed by atoms with E-state index in [0.29, 0.717) is 31.2 Å². The van der Waals surface area contributed by atoms with Gasteiger partial charge in [-0.2, -0.15) is 0 Å². The molecule has 136 valence electrons. The topological polar surface area (TPSA) is 41.6 Å². The molecule has 1 N–H and O–H groups in total. The molecule has 2 rings (SSSR count). The van der Waals surface area contributed by atoms with Gasteiger partial charge in [-0.1, -0.05) is 13.0 Å². The highest BCUT2D eigenvalue weighted by atomic mass is 35.5. The van der Waals surface area contributed by atoms with Crippen LogP contribution in [0.3, 0.4) is 0 Å². The molecule has 0 aromatic heterocycles. The van der Waals surface area contributed by atoms with E-state index in [1.165, 1.54) is 12.1 Å². The van der Waals surface area contributed by atoms with E-state index < -0.39 is 0 Å². The van der Waals surface area contributed by atoms with Crippen molar-refractivity contribution in [2.75, 3.05) is 26.2 Å². The van der Waals surface area contributed by atoms with E-state index in [-0.39, 0.29) is 24.1 Å². The fraction of sp³-hybridized carbons (Fsp3) is 0.611. The normalized spacial score (nSPS) is 14.8. The smallest absolute Gasteiger partial charge is 0.222 e. The number of piperidine rings is 1. The molecule has 1 aliphatic heterocycles. The van der Waals surface area contributed by atoms with Gasteiger partial charge < -0.3 is 15.0 Å². The Morgan fingerprint density at radius 2 is 2.12 bits per heavy atom. The lowest BCUT2D eigenvalue weighted by Crippen LogP contribution is -2.46. The summed E-state index contributed by atoms with van der Waals surface area (Å²) in [6.45, 7) is 5.34. The van der Waals surface area contributed by atoms with E-state index in [2.05, 4.69) is 12.2 Å². The van der Waals surface area contributed by atoms with Crippen LogP contribution in [0, 0.1) is 5.82 Å². The first kappa shape index (κ1) is 20.7. The van der Waals surface area contributed by atoms with Gasteiger partial charge in [-0.25, -0.2) is 4.39 Å². The molecule has 1 heterocycles. The van der Waals surface area contributed by atoms with Crippen LogP contribution >= 0.6 is 12.4 Å². The summed E-state index contributed by atoms with van der Waals surface area (Å²) in [4.78, 5) is 14.5. The molecule has 24 heavy (non-hydrogen) atoms. The van der Waals surface area contributed by atoms with Gasteiger partial charge in [0.1, 0.15) is 11.6 Å². The third-order valence-corrected chi connectivity index (χ3v) is 4.13. The second-order valence-corrected chi connectivity index (χ2v) is 5.98. The number of hydrogen-bond donors (Lipinski definition) is 1. The van der Waals surface area contributed by atoms with Crippen molar-refractivity contribution in [3.05, 3.63) is 30.1 Å². The van der Waals surface area contributed by atoms with Gasteiger partial charge in [0.25, 0.3) is 0 Å². The van der Waals surface area contributed by atoms with Crippen LogP contribution in [-0.2, 0) is 4.79 Å². The molecule has 0 spiro atoms. The van der Waals surface area contributed by atoms with Crippen molar-refractivity contribution in [2.24, 2.45) is 0 Å². The second-order valence-electron chi connectivity index (χ2n) is 5.98. The molecule has 0 aliphatic carbocycles. The number of nitrogens with one attached hydrogen (secondary N) is 1. The second kappa shape index (κ2) is 11.3. The van der Waals surface area contributed by atoms with E-state index in [4.69, 9.17) is 4.74 Å². The zero-order chi connectivity index (χ0) is 16.5. The van der Waals surface area contributed by atoms with Crippen molar-refractivity contribution in [3.8, 4) is 5.75 Å². The summed E-state index contributed by atoms with van der Waals surface area (Å²) in [5, 5.41) is 3.34. The fourth-order valence-electron chi connectivity index (χ4n) is 2.98. The molecule has 0 unspecified atom stereocenters. The van der Waals surface area contributed by atoms with Crippen LogP contribution in [0.15, 0.2) is 24.3 Å². The molecule has 1 saturated heterocycles. The number of nitrogens with zero attached hydrogens (tertiary/aromatic N) is 1. The molecule has 0 saturated carbocycles. The molecular weight excluding hydrogens is 331 g/mol. The van der Waals surface area contributed by atoms with Crippen LogP contribution < -0.4 is 10.1 Å². The quantitative estimate of drug-likeness (QED) is 0.724. The predicted octanol–water partition coefficient (Wildman–Crippen LogP) is 3.40. The summed E-state index contributed by atoms with van der Waals surface area (Å²) in [5.41, 5.74) is 0. The summed E-state index contributed by atoms with van der Waals surface area (Å²) >= 11 is 0. The van der Waals surface area contributed by atoms with Gasteiger partial charge in [0.05, 0.1) is 6.61 Å². The van der Waals surface area contributed by atoms with E-state index >= 15 is 0 Å². The zero-order valence-corrected chi connectivity index (χ0v) is 15.1. The maximum absolute atomic E-state index is 13.1. The molecule has 1 aromatic rings. The summed E-state index contributed by atoms with van der Waals surface area (Å²) < 4.78 is 18.6. The number of benzene rings is 1. The minimum Gasteiger partial charge on any atom is -0.493 e. The van der Waals surface area contributed by atoms with E-state index in [1.807, 2.05) is 4.90 Å². The first-order valence-corrected chi connectivity index (χ1v) is 8.59. The minimum absolute atomic E-state index is 0. The van der Waals surface area contributed by atoms with Gasteiger partial charge in [0.2, 0.25) is 5.91 Å². The highest BCUT2D eigenvalue weighted by Crippen LogP contribution is 2.15. The van der Waals surface area contributed by atoms with Gasteiger partial charge >= 0.3 is 0 Å². The zero-order valence-electron chi connectivity index (χ0n) is 14.3. The van der Waals surface area contributed by atoms with Gasteiger partial charge in [-0.15, -0.1) is 12.4 Å². The molecule has 0 radical (unpaired) electrons. The largest absolute Gasteiger partial charge is 0.493 e.